The van der Waals surface area contributed by atoms with Crippen molar-refractivity contribution < 1.29 is 22.7 Å². The first-order valence-electron chi connectivity index (χ1n) is 11.1. The number of nitrogens with zero attached hydrogens (tertiary/aromatic N) is 2. The molecule has 8 heteroatoms. The molecule has 0 amide bonds. The maximum Gasteiger partial charge on any atom is 0.247 e. The van der Waals surface area contributed by atoms with Gasteiger partial charge in [-0.15, -0.1) is 0 Å². The van der Waals surface area contributed by atoms with E-state index in [0.29, 0.717) is 17.7 Å². The number of hydrogen-bond acceptors (Lipinski definition) is 5. The SMILES string of the molecule is CCCN(C)C[C@@H]1Oc2cc(-c3ccccc3F)ccc2S(=O)(=O)N([C@@H](C)CO)C[C@@H]1C. The van der Waals surface area contributed by atoms with Crippen LogP contribution in [-0.2, 0) is 10.0 Å². The van der Waals surface area contributed by atoms with Gasteiger partial charge in [-0.3, -0.25) is 0 Å². The third-order valence-electron chi connectivity index (χ3n) is 5.95. The third-order valence-corrected chi connectivity index (χ3v) is 7.97. The quantitative estimate of drug-likeness (QED) is 0.678. The molecule has 0 spiro atoms. The fourth-order valence-corrected chi connectivity index (χ4v) is 5.91. The van der Waals surface area contributed by atoms with Crippen LogP contribution in [0.15, 0.2) is 47.4 Å². The third kappa shape index (κ3) is 5.14. The lowest BCUT2D eigenvalue weighted by Crippen LogP contribution is -2.49. The topological polar surface area (TPSA) is 70.1 Å². The summed E-state index contributed by atoms with van der Waals surface area (Å²) in [4.78, 5) is 2.20. The molecule has 1 N–H and O–H groups in total. The molecule has 176 valence electrons. The standard InChI is InChI=1S/C24H33FN2O4S/c1-5-12-26(4)15-23-17(2)14-27(18(3)16-28)32(29,30)24-11-10-19(13-22(24)31-23)20-8-6-7-9-21(20)25/h6-11,13,17-18,23,28H,5,12,14-16H2,1-4H3/t17-,18-,23-/m0/s1. The van der Waals surface area contributed by atoms with Crippen LogP contribution >= 0.6 is 0 Å². The molecule has 0 aromatic heterocycles. The molecule has 0 fully saturated rings. The largest absolute Gasteiger partial charge is 0.487 e. The van der Waals surface area contributed by atoms with Gasteiger partial charge in [0.1, 0.15) is 22.6 Å². The summed E-state index contributed by atoms with van der Waals surface area (Å²) in [6.45, 7) is 7.23. The average molecular weight is 465 g/mol. The van der Waals surface area contributed by atoms with Crippen LogP contribution in [0.3, 0.4) is 0 Å². The van der Waals surface area contributed by atoms with E-state index < -0.39 is 16.1 Å². The predicted molar refractivity (Wildman–Crippen MR) is 124 cm³/mol. The summed E-state index contributed by atoms with van der Waals surface area (Å²) in [5.74, 6) is -0.296. The molecule has 3 rings (SSSR count). The smallest absolute Gasteiger partial charge is 0.247 e. The van der Waals surface area contributed by atoms with Crippen LogP contribution in [0.25, 0.3) is 11.1 Å². The molecule has 6 nitrogen and oxygen atoms in total. The van der Waals surface area contributed by atoms with Crippen LogP contribution < -0.4 is 4.74 Å². The Kier molecular flexibility index (Phi) is 7.92. The predicted octanol–water partition coefficient (Wildman–Crippen LogP) is 3.60. The molecule has 0 bridgehead atoms. The molecule has 0 saturated heterocycles. The number of halogens is 1. The lowest BCUT2D eigenvalue weighted by Gasteiger charge is -2.37. The Hall–Kier alpha value is -2.00. The Bertz CT molecular complexity index is 1030. The van der Waals surface area contributed by atoms with Gasteiger partial charge in [0.15, 0.2) is 0 Å². The summed E-state index contributed by atoms with van der Waals surface area (Å²) in [6, 6.07) is 10.5. The summed E-state index contributed by atoms with van der Waals surface area (Å²) in [5.41, 5.74) is 0.930. The number of ether oxygens (including phenoxy) is 1. The summed E-state index contributed by atoms with van der Waals surface area (Å²) in [5, 5.41) is 9.73. The highest BCUT2D eigenvalue weighted by molar-refractivity contribution is 7.89. The Labute approximate surface area is 190 Å². The van der Waals surface area contributed by atoms with Gasteiger partial charge in [0, 0.05) is 30.6 Å². The molecule has 32 heavy (non-hydrogen) atoms. The van der Waals surface area contributed by atoms with Crippen LogP contribution in [0.4, 0.5) is 4.39 Å². The van der Waals surface area contributed by atoms with Gasteiger partial charge in [-0.05, 0) is 50.7 Å². The number of rotatable bonds is 7. The van der Waals surface area contributed by atoms with Crippen LogP contribution in [0.2, 0.25) is 0 Å². The van der Waals surface area contributed by atoms with E-state index in [4.69, 9.17) is 4.74 Å². The highest BCUT2D eigenvalue weighted by atomic mass is 32.2. The van der Waals surface area contributed by atoms with Crippen molar-refractivity contribution in [2.24, 2.45) is 5.92 Å². The van der Waals surface area contributed by atoms with E-state index >= 15 is 0 Å². The number of likely N-dealkylation sites (N-methyl/N-ethyl adjacent to an activating group) is 1. The molecule has 0 aliphatic carbocycles. The minimum Gasteiger partial charge on any atom is -0.487 e. The van der Waals surface area contributed by atoms with E-state index in [-0.39, 0.29) is 41.6 Å². The van der Waals surface area contributed by atoms with Crippen molar-refractivity contribution in [1.82, 2.24) is 9.21 Å². The van der Waals surface area contributed by atoms with Crippen molar-refractivity contribution in [3.8, 4) is 16.9 Å². The molecule has 2 aromatic rings. The molecule has 1 aliphatic rings. The molecule has 2 aromatic carbocycles. The van der Waals surface area contributed by atoms with Gasteiger partial charge in [0.05, 0.1) is 6.61 Å². The van der Waals surface area contributed by atoms with Gasteiger partial charge in [-0.1, -0.05) is 38.1 Å². The van der Waals surface area contributed by atoms with Gasteiger partial charge in [0.25, 0.3) is 0 Å². The van der Waals surface area contributed by atoms with Crippen LogP contribution in [0, 0.1) is 11.7 Å². The Morgan fingerprint density at radius 2 is 2.00 bits per heavy atom. The number of benzene rings is 2. The molecule has 0 saturated carbocycles. The minimum atomic E-state index is -3.92. The second-order valence-corrected chi connectivity index (χ2v) is 10.5. The van der Waals surface area contributed by atoms with Crippen LogP contribution in [0.5, 0.6) is 5.75 Å². The Balaban J connectivity index is 2.13. The Morgan fingerprint density at radius 3 is 2.66 bits per heavy atom. The second kappa shape index (κ2) is 10.3. The van der Waals surface area contributed by atoms with E-state index in [2.05, 4.69) is 11.8 Å². The number of fused-ring (bicyclic) bond motifs is 1. The highest BCUT2D eigenvalue weighted by Gasteiger charge is 2.38. The van der Waals surface area contributed by atoms with Crippen LogP contribution in [0.1, 0.15) is 27.2 Å². The first-order valence-corrected chi connectivity index (χ1v) is 12.5. The molecule has 1 heterocycles. The van der Waals surface area contributed by atoms with Crippen molar-refractivity contribution in [3.63, 3.8) is 0 Å². The molecule has 3 atom stereocenters. The molecular weight excluding hydrogens is 431 g/mol. The lowest BCUT2D eigenvalue weighted by molar-refractivity contribution is 0.0753. The molecule has 0 unspecified atom stereocenters. The summed E-state index contributed by atoms with van der Waals surface area (Å²) < 4.78 is 49.1. The number of aliphatic hydroxyl groups excluding tert-OH is 1. The van der Waals surface area contributed by atoms with Gasteiger partial charge >= 0.3 is 0 Å². The molecular formula is C24H33FN2O4S. The van der Waals surface area contributed by atoms with Gasteiger partial charge < -0.3 is 14.7 Å². The number of hydrogen-bond donors (Lipinski definition) is 1. The molecule has 0 radical (unpaired) electrons. The van der Waals surface area contributed by atoms with Crippen molar-refractivity contribution in [2.75, 3.05) is 33.3 Å². The second-order valence-electron chi connectivity index (χ2n) is 8.64. The highest BCUT2D eigenvalue weighted by Crippen LogP contribution is 2.37. The zero-order valence-corrected chi connectivity index (χ0v) is 20.0. The van der Waals surface area contributed by atoms with Gasteiger partial charge in [-0.25, -0.2) is 12.8 Å². The summed E-state index contributed by atoms with van der Waals surface area (Å²) in [7, 11) is -1.90. The first kappa shape index (κ1) is 24.6. The van der Waals surface area contributed by atoms with Gasteiger partial charge in [-0.2, -0.15) is 4.31 Å². The minimum absolute atomic E-state index is 0.0351. The van der Waals surface area contributed by atoms with Crippen molar-refractivity contribution in [2.45, 2.75) is 44.2 Å². The zero-order valence-electron chi connectivity index (χ0n) is 19.2. The Morgan fingerprint density at radius 1 is 1.28 bits per heavy atom. The number of aliphatic hydroxyl groups is 1. The average Bonchev–Trinajstić information content (AvgIpc) is 2.76. The molecule has 1 aliphatic heterocycles. The van der Waals surface area contributed by atoms with Crippen molar-refractivity contribution >= 4 is 10.0 Å². The van der Waals surface area contributed by atoms with E-state index in [1.54, 1.807) is 37.3 Å². The van der Waals surface area contributed by atoms with Gasteiger partial charge in [0.2, 0.25) is 10.0 Å². The van der Waals surface area contributed by atoms with E-state index in [1.165, 1.54) is 16.4 Å². The fourth-order valence-electron chi connectivity index (χ4n) is 4.09. The maximum atomic E-state index is 14.4. The lowest BCUT2D eigenvalue weighted by atomic mass is 10.0. The van der Waals surface area contributed by atoms with E-state index in [9.17, 15) is 17.9 Å². The maximum absolute atomic E-state index is 14.4. The van der Waals surface area contributed by atoms with E-state index in [0.717, 1.165) is 13.0 Å². The van der Waals surface area contributed by atoms with Crippen LogP contribution in [-0.4, -0.2) is 68.2 Å². The summed E-state index contributed by atoms with van der Waals surface area (Å²) in [6.07, 6.45) is 0.721. The van der Waals surface area contributed by atoms with Crippen molar-refractivity contribution in [1.29, 1.82) is 0 Å². The normalized spacial score (nSPS) is 22.0. The zero-order chi connectivity index (χ0) is 23.5. The first-order chi connectivity index (χ1) is 15.2. The monoisotopic (exact) mass is 464 g/mol. The fraction of sp³-hybridized carbons (Fsp3) is 0.500. The van der Waals surface area contributed by atoms with E-state index in [1.807, 2.05) is 14.0 Å². The van der Waals surface area contributed by atoms with Crippen molar-refractivity contribution in [3.05, 3.63) is 48.3 Å². The number of sulfonamides is 1. The summed E-state index contributed by atoms with van der Waals surface area (Å²) >= 11 is 0.